The van der Waals surface area contributed by atoms with Gasteiger partial charge in [-0.05, 0) is 36.4 Å². The molecule has 0 aliphatic carbocycles. The van der Waals surface area contributed by atoms with Gasteiger partial charge in [0.25, 0.3) is 11.8 Å². The summed E-state index contributed by atoms with van der Waals surface area (Å²) >= 11 is 0. The molecule has 2 rings (SSSR count). The maximum atomic E-state index is 12.3. The molecule has 0 aliphatic rings. The monoisotopic (exact) mass is 435 g/mol. The SMILES string of the molecule is COCCNC(=O)c1ccccc1NC(=O)COc1ccc(N(C)S(C)(=O)=O)cc1. The third-order valence-electron chi connectivity index (χ3n) is 4.11. The van der Waals surface area contributed by atoms with Crippen LogP contribution in [-0.2, 0) is 19.6 Å². The minimum absolute atomic E-state index is 0.277. The lowest BCUT2D eigenvalue weighted by atomic mass is 10.1. The molecule has 0 saturated carbocycles. The van der Waals surface area contributed by atoms with E-state index in [0.717, 1.165) is 10.6 Å². The minimum Gasteiger partial charge on any atom is -0.484 e. The Morgan fingerprint density at radius 2 is 1.73 bits per heavy atom. The van der Waals surface area contributed by atoms with E-state index in [2.05, 4.69) is 10.6 Å². The highest BCUT2D eigenvalue weighted by molar-refractivity contribution is 7.92. The Kier molecular flexibility index (Phi) is 8.19. The molecule has 0 aliphatic heterocycles. The van der Waals surface area contributed by atoms with Crippen molar-refractivity contribution in [2.45, 2.75) is 0 Å². The number of anilines is 2. The van der Waals surface area contributed by atoms with Gasteiger partial charge < -0.3 is 20.1 Å². The van der Waals surface area contributed by atoms with Crippen molar-refractivity contribution in [3.8, 4) is 5.75 Å². The lowest BCUT2D eigenvalue weighted by Gasteiger charge is -2.17. The quantitative estimate of drug-likeness (QED) is 0.547. The molecule has 2 aromatic rings. The summed E-state index contributed by atoms with van der Waals surface area (Å²) in [5, 5.41) is 5.36. The predicted octanol–water partition coefficient (Wildman–Crippen LogP) is 1.48. The van der Waals surface area contributed by atoms with E-state index in [4.69, 9.17) is 9.47 Å². The number of para-hydroxylation sites is 1. The molecule has 0 aromatic heterocycles. The second-order valence-electron chi connectivity index (χ2n) is 6.36. The maximum Gasteiger partial charge on any atom is 0.262 e. The molecule has 2 aromatic carbocycles. The molecular weight excluding hydrogens is 410 g/mol. The van der Waals surface area contributed by atoms with Gasteiger partial charge in [0.2, 0.25) is 10.0 Å². The summed E-state index contributed by atoms with van der Waals surface area (Å²) in [4.78, 5) is 24.5. The zero-order valence-electron chi connectivity index (χ0n) is 17.0. The van der Waals surface area contributed by atoms with E-state index in [-0.39, 0.29) is 12.5 Å². The van der Waals surface area contributed by atoms with Gasteiger partial charge in [0.15, 0.2) is 6.61 Å². The number of sulfonamides is 1. The number of amides is 2. The van der Waals surface area contributed by atoms with Gasteiger partial charge in [-0.2, -0.15) is 0 Å². The molecule has 9 nitrogen and oxygen atoms in total. The summed E-state index contributed by atoms with van der Waals surface area (Å²) in [5.41, 5.74) is 1.17. The standard InChI is InChI=1S/C20H25N3O6S/c1-23(30(3,26)27)15-8-10-16(11-9-15)29-14-19(24)22-18-7-5-4-6-17(18)20(25)21-12-13-28-2/h4-11H,12-14H2,1-3H3,(H,21,25)(H,22,24). The van der Waals surface area contributed by atoms with E-state index in [9.17, 15) is 18.0 Å². The van der Waals surface area contributed by atoms with Crippen molar-refractivity contribution in [1.29, 1.82) is 0 Å². The van der Waals surface area contributed by atoms with Crippen LogP contribution in [-0.4, -0.2) is 60.4 Å². The average Bonchev–Trinajstić information content (AvgIpc) is 2.72. The number of nitrogens with zero attached hydrogens (tertiary/aromatic N) is 1. The Balaban J connectivity index is 1.95. The molecule has 2 amide bonds. The van der Waals surface area contributed by atoms with Gasteiger partial charge in [-0.1, -0.05) is 12.1 Å². The van der Waals surface area contributed by atoms with Crippen LogP contribution in [0.2, 0.25) is 0 Å². The number of ether oxygens (including phenoxy) is 2. The Labute approximate surface area is 176 Å². The van der Waals surface area contributed by atoms with Crippen molar-refractivity contribution in [1.82, 2.24) is 5.32 Å². The van der Waals surface area contributed by atoms with Crippen molar-refractivity contribution in [2.24, 2.45) is 0 Å². The highest BCUT2D eigenvalue weighted by Gasteiger charge is 2.14. The summed E-state index contributed by atoms with van der Waals surface area (Å²) in [6, 6.07) is 12.9. The summed E-state index contributed by atoms with van der Waals surface area (Å²) in [6.45, 7) is 0.457. The first-order valence-electron chi connectivity index (χ1n) is 9.05. The number of hydrogen-bond donors (Lipinski definition) is 2. The topological polar surface area (TPSA) is 114 Å². The van der Waals surface area contributed by atoms with E-state index in [1.807, 2.05) is 0 Å². The third kappa shape index (κ3) is 6.75. The fraction of sp³-hybridized carbons (Fsp3) is 0.300. The molecule has 162 valence electrons. The minimum atomic E-state index is -3.36. The van der Waals surface area contributed by atoms with Gasteiger partial charge >= 0.3 is 0 Å². The zero-order valence-corrected chi connectivity index (χ0v) is 17.9. The van der Waals surface area contributed by atoms with E-state index < -0.39 is 15.9 Å². The Morgan fingerprint density at radius 3 is 2.37 bits per heavy atom. The highest BCUT2D eigenvalue weighted by atomic mass is 32.2. The van der Waals surface area contributed by atoms with Crippen LogP contribution in [0.15, 0.2) is 48.5 Å². The lowest BCUT2D eigenvalue weighted by Crippen LogP contribution is -2.29. The zero-order chi connectivity index (χ0) is 22.1. The van der Waals surface area contributed by atoms with Gasteiger partial charge in [-0.3, -0.25) is 13.9 Å². The van der Waals surface area contributed by atoms with Gasteiger partial charge in [0, 0.05) is 20.7 Å². The van der Waals surface area contributed by atoms with Crippen molar-refractivity contribution < 1.29 is 27.5 Å². The first-order valence-corrected chi connectivity index (χ1v) is 10.9. The van der Waals surface area contributed by atoms with Crippen LogP contribution < -0.4 is 19.7 Å². The van der Waals surface area contributed by atoms with E-state index >= 15 is 0 Å². The van der Waals surface area contributed by atoms with Gasteiger partial charge in [-0.15, -0.1) is 0 Å². The molecule has 0 spiro atoms. The average molecular weight is 436 g/mol. The number of methoxy groups -OCH3 is 1. The Morgan fingerprint density at radius 1 is 1.07 bits per heavy atom. The Hall–Kier alpha value is -3.11. The van der Waals surface area contributed by atoms with Crippen LogP contribution in [0.5, 0.6) is 5.75 Å². The third-order valence-corrected chi connectivity index (χ3v) is 5.31. The Bertz CT molecular complexity index is 976. The number of carbonyl (C=O) groups excluding carboxylic acids is 2. The number of hydrogen-bond acceptors (Lipinski definition) is 6. The second-order valence-corrected chi connectivity index (χ2v) is 8.37. The van der Waals surface area contributed by atoms with Crippen LogP contribution in [0.3, 0.4) is 0 Å². The molecule has 2 N–H and O–H groups in total. The number of rotatable bonds is 10. The van der Waals surface area contributed by atoms with Gasteiger partial charge in [-0.25, -0.2) is 8.42 Å². The molecule has 0 bridgehead atoms. The van der Waals surface area contributed by atoms with Crippen LogP contribution >= 0.6 is 0 Å². The predicted molar refractivity (Wildman–Crippen MR) is 114 cm³/mol. The van der Waals surface area contributed by atoms with Crippen LogP contribution in [0.25, 0.3) is 0 Å². The maximum absolute atomic E-state index is 12.3. The lowest BCUT2D eigenvalue weighted by molar-refractivity contribution is -0.118. The first kappa shape index (κ1) is 23.2. The van der Waals surface area contributed by atoms with Gasteiger partial charge in [0.1, 0.15) is 5.75 Å². The largest absolute Gasteiger partial charge is 0.484 e. The van der Waals surface area contributed by atoms with Crippen molar-refractivity contribution >= 4 is 33.2 Å². The molecule has 0 atom stereocenters. The molecule has 0 radical (unpaired) electrons. The molecule has 10 heteroatoms. The number of carbonyl (C=O) groups is 2. The van der Waals surface area contributed by atoms with Crippen molar-refractivity contribution in [3.63, 3.8) is 0 Å². The summed E-state index contributed by atoms with van der Waals surface area (Å²) < 4.78 is 34.6. The van der Waals surface area contributed by atoms with Crippen molar-refractivity contribution in [2.75, 3.05) is 49.8 Å². The molecule has 0 heterocycles. The normalized spacial score (nSPS) is 10.9. The van der Waals surface area contributed by atoms with E-state index in [1.54, 1.807) is 48.5 Å². The van der Waals surface area contributed by atoms with E-state index in [1.165, 1.54) is 14.2 Å². The van der Waals surface area contributed by atoms with Crippen molar-refractivity contribution in [3.05, 3.63) is 54.1 Å². The summed E-state index contributed by atoms with van der Waals surface area (Å²) in [6.07, 6.45) is 1.11. The summed E-state index contributed by atoms with van der Waals surface area (Å²) in [7, 11) is -0.374. The fourth-order valence-electron chi connectivity index (χ4n) is 2.43. The molecule has 0 saturated heterocycles. The van der Waals surface area contributed by atoms with Crippen LogP contribution in [0.1, 0.15) is 10.4 Å². The van der Waals surface area contributed by atoms with Crippen LogP contribution in [0.4, 0.5) is 11.4 Å². The first-order chi connectivity index (χ1) is 14.2. The second kappa shape index (κ2) is 10.6. The molecule has 0 unspecified atom stereocenters. The fourth-order valence-corrected chi connectivity index (χ4v) is 2.94. The molecule has 30 heavy (non-hydrogen) atoms. The van der Waals surface area contributed by atoms with E-state index in [0.29, 0.717) is 35.8 Å². The van der Waals surface area contributed by atoms with Crippen LogP contribution in [0, 0.1) is 0 Å². The highest BCUT2D eigenvalue weighted by Crippen LogP contribution is 2.20. The molecule has 0 fully saturated rings. The number of nitrogens with one attached hydrogen (secondary N) is 2. The smallest absolute Gasteiger partial charge is 0.262 e. The molecular formula is C20H25N3O6S. The summed E-state index contributed by atoms with van der Waals surface area (Å²) in [5.74, 6) is -0.361. The number of benzene rings is 2. The van der Waals surface area contributed by atoms with Gasteiger partial charge in [0.05, 0.1) is 29.8 Å².